The first-order valence-corrected chi connectivity index (χ1v) is 8.45. The number of nitrogens with zero attached hydrogens (tertiary/aromatic N) is 2. The van der Waals surface area contributed by atoms with Gasteiger partial charge in [0.05, 0.1) is 0 Å². The predicted molar refractivity (Wildman–Crippen MR) is 76.0 cm³/mol. The van der Waals surface area contributed by atoms with Crippen molar-refractivity contribution >= 4 is 22.8 Å². The number of aliphatic carboxylic acids is 1. The first kappa shape index (κ1) is 15.3. The van der Waals surface area contributed by atoms with Crippen molar-refractivity contribution in [2.24, 2.45) is 5.41 Å². The zero-order valence-corrected chi connectivity index (χ0v) is 12.8. The van der Waals surface area contributed by atoms with Gasteiger partial charge in [-0.1, -0.05) is 13.8 Å². The first-order chi connectivity index (χ1) is 9.33. The summed E-state index contributed by atoms with van der Waals surface area (Å²) in [7, 11) is -0.844. The van der Waals surface area contributed by atoms with Crippen LogP contribution in [0.25, 0.3) is 0 Å². The maximum absolute atomic E-state index is 12.6. The third-order valence-electron chi connectivity index (χ3n) is 4.20. The zero-order valence-electron chi connectivity index (χ0n) is 12.0. The van der Waals surface area contributed by atoms with Gasteiger partial charge in [-0.15, -0.1) is 0 Å². The Morgan fingerprint density at radius 2 is 1.80 bits per heavy atom. The number of urea groups is 1. The maximum Gasteiger partial charge on any atom is 0.327 e. The lowest BCUT2D eigenvalue weighted by Crippen LogP contribution is -2.60. The number of carbonyl (C=O) groups excluding carboxylic acids is 1. The van der Waals surface area contributed by atoms with Crippen molar-refractivity contribution in [1.29, 1.82) is 0 Å². The highest BCUT2D eigenvalue weighted by molar-refractivity contribution is 7.85. The summed E-state index contributed by atoms with van der Waals surface area (Å²) in [6.45, 7) is 5.19. The first-order valence-electron chi connectivity index (χ1n) is 6.96. The smallest absolute Gasteiger partial charge is 0.327 e. The van der Waals surface area contributed by atoms with Crippen LogP contribution in [0, 0.1) is 5.41 Å². The Bertz CT molecular complexity index is 428. The van der Waals surface area contributed by atoms with Crippen molar-refractivity contribution in [2.45, 2.75) is 32.7 Å². The van der Waals surface area contributed by atoms with Crippen molar-refractivity contribution in [3.63, 3.8) is 0 Å². The van der Waals surface area contributed by atoms with Crippen molar-refractivity contribution in [3.8, 4) is 0 Å². The molecule has 2 rings (SSSR count). The molecule has 2 aliphatic heterocycles. The van der Waals surface area contributed by atoms with Crippen LogP contribution in [0.3, 0.4) is 0 Å². The third kappa shape index (κ3) is 2.97. The normalized spacial score (nSPS) is 27.4. The van der Waals surface area contributed by atoms with Crippen molar-refractivity contribution in [2.75, 3.05) is 31.1 Å². The molecule has 0 radical (unpaired) electrons. The average molecular weight is 302 g/mol. The van der Waals surface area contributed by atoms with Crippen LogP contribution in [0.5, 0.6) is 0 Å². The monoisotopic (exact) mass is 302 g/mol. The number of carbonyl (C=O) groups is 2. The minimum atomic E-state index is -0.941. The van der Waals surface area contributed by atoms with Gasteiger partial charge < -0.3 is 14.9 Å². The molecular weight excluding hydrogens is 280 g/mol. The number of amides is 2. The molecule has 0 aromatic heterocycles. The summed E-state index contributed by atoms with van der Waals surface area (Å²) >= 11 is 0. The zero-order chi connectivity index (χ0) is 14.9. The number of hydrogen-bond acceptors (Lipinski definition) is 3. The van der Waals surface area contributed by atoms with E-state index in [0.29, 0.717) is 31.1 Å². The van der Waals surface area contributed by atoms with E-state index in [9.17, 15) is 18.9 Å². The summed E-state index contributed by atoms with van der Waals surface area (Å²) in [5.74, 6) is 0.0326. The Labute approximate surface area is 121 Å². The van der Waals surface area contributed by atoms with E-state index in [1.165, 1.54) is 4.90 Å². The number of piperidine rings is 1. The molecule has 20 heavy (non-hydrogen) atoms. The van der Waals surface area contributed by atoms with Crippen LogP contribution >= 0.6 is 0 Å². The average Bonchev–Trinajstić information content (AvgIpc) is 2.36. The number of hydrogen-bond donors (Lipinski definition) is 1. The number of likely N-dealkylation sites (tertiary alicyclic amines) is 1. The summed E-state index contributed by atoms with van der Waals surface area (Å²) in [6.07, 6.45) is 1.63. The van der Waals surface area contributed by atoms with E-state index in [1.54, 1.807) is 4.90 Å². The van der Waals surface area contributed by atoms with Crippen molar-refractivity contribution < 1.29 is 18.9 Å². The molecule has 0 aromatic carbocycles. The summed E-state index contributed by atoms with van der Waals surface area (Å²) in [5, 5.41) is 9.47. The summed E-state index contributed by atoms with van der Waals surface area (Å²) in [5.41, 5.74) is -0.418. The van der Waals surface area contributed by atoms with Gasteiger partial charge in [-0.2, -0.15) is 0 Å². The number of rotatable bonds is 1. The number of carboxylic acids is 1. The minimum absolute atomic E-state index is 0.220. The quantitative estimate of drug-likeness (QED) is 0.775. The topological polar surface area (TPSA) is 77.9 Å². The van der Waals surface area contributed by atoms with E-state index in [-0.39, 0.29) is 6.03 Å². The van der Waals surface area contributed by atoms with Crippen LogP contribution in [0.15, 0.2) is 0 Å². The molecule has 2 heterocycles. The molecule has 2 aliphatic rings. The maximum atomic E-state index is 12.6. The van der Waals surface area contributed by atoms with Gasteiger partial charge in [0.1, 0.15) is 6.04 Å². The van der Waals surface area contributed by atoms with Crippen LogP contribution in [-0.2, 0) is 15.6 Å². The Balaban J connectivity index is 2.14. The fraction of sp³-hybridized carbons (Fsp3) is 0.846. The Kier molecular flexibility index (Phi) is 4.36. The second-order valence-corrected chi connectivity index (χ2v) is 7.84. The molecule has 0 aliphatic carbocycles. The van der Waals surface area contributed by atoms with Gasteiger partial charge in [-0.05, 0) is 18.3 Å². The molecule has 0 spiro atoms. The largest absolute Gasteiger partial charge is 0.480 e. The molecule has 2 amide bonds. The molecule has 2 saturated heterocycles. The molecule has 0 bridgehead atoms. The van der Waals surface area contributed by atoms with E-state index in [0.717, 1.165) is 12.8 Å². The van der Waals surface area contributed by atoms with Crippen LogP contribution in [0.4, 0.5) is 4.79 Å². The molecule has 114 valence electrons. The van der Waals surface area contributed by atoms with E-state index < -0.39 is 28.2 Å². The SMILES string of the molecule is CC1(C)CCCN(C(=O)N2CCS(=O)CC2)C1C(=O)O. The Morgan fingerprint density at radius 1 is 1.20 bits per heavy atom. The molecule has 1 N–H and O–H groups in total. The molecule has 2 fully saturated rings. The molecule has 0 saturated carbocycles. The lowest BCUT2D eigenvalue weighted by molar-refractivity contribution is -0.148. The molecule has 1 unspecified atom stereocenters. The van der Waals surface area contributed by atoms with E-state index in [1.807, 2.05) is 13.8 Å². The highest BCUT2D eigenvalue weighted by Gasteiger charge is 2.45. The lowest BCUT2D eigenvalue weighted by Gasteiger charge is -2.45. The van der Waals surface area contributed by atoms with E-state index in [4.69, 9.17) is 0 Å². The highest BCUT2D eigenvalue weighted by atomic mass is 32.2. The fourth-order valence-corrected chi connectivity index (χ4v) is 4.13. The van der Waals surface area contributed by atoms with Crippen LogP contribution in [0.1, 0.15) is 26.7 Å². The molecule has 7 heteroatoms. The van der Waals surface area contributed by atoms with Crippen LogP contribution in [-0.4, -0.2) is 68.3 Å². The summed E-state index contributed by atoms with van der Waals surface area (Å²) in [6, 6.07) is -1.00. The standard InChI is InChI=1S/C13H22N2O4S/c1-13(2)4-3-5-15(10(13)11(16)17)12(18)14-6-8-20(19)9-7-14/h10H,3-9H2,1-2H3,(H,16,17). The van der Waals surface area contributed by atoms with Crippen molar-refractivity contribution in [3.05, 3.63) is 0 Å². The number of carboxylic acid groups (broad SMARTS) is 1. The van der Waals surface area contributed by atoms with Crippen LogP contribution < -0.4 is 0 Å². The Hall–Kier alpha value is -1.11. The van der Waals surface area contributed by atoms with E-state index in [2.05, 4.69) is 0 Å². The van der Waals surface area contributed by atoms with Crippen LogP contribution in [0.2, 0.25) is 0 Å². The predicted octanol–water partition coefficient (Wildman–Crippen LogP) is 0.746. The van der Waals surface area contributed by atoms with Gasteiger partial charge in [-0.25, -0.2) is 9.59 Å². The molecule has 0 aromatic rings. The van der Waals surface area contributed by atoms with Crippen molar-refractivity contribution in [1.82, 2.24) is 9.80 Å². The lowest BCUT2D eigenvalue weighted by atomic mass is 9.76. The van der Waals surface area contributed by atoms with Gasteiger partial charge in [0.25, 0.3) is 0 Å². The van der Waals surface area contributed by atoms with E-state index >= 15 is 0 Å². The Morgan fingerprint density at radius 3 is 2.35 bits per heavy atom. The van der Waals surface area contributed by atoms with Gasteiger partial charge in [0.2, 0.25) is 0 Å². The van der Waals surface area contributed by atoms with Gasteiger partial charge >= 0.3 is 12.0 Å². The third-order valence-corrected chi connectivity index (χ3v) is 5.48. The summed E-state index contributed by atoms with van der Waals surface area (Å²) < 4.78 is 11.3. The molecule has 6 nitrogen and oxygen atoms in total. The second kappa shape index (κ2) is 5.71. The molecule has 1 atom stereocenters. The summed E-state index contributed by atoms with van der Waals surface area (Å²) in [4.78, 5) is 27.2. The minimum Gasteiger partial charge on any atom is -0.480 e. The van der Waals surface area contributed by atoms with Gasteiger partial charge in [-0.3, -0.25) is 4.21 Å². The highest BCUT2D eigenvalue weighted by Crippen LogP contribution is 2.35. The molecular formula is C13H22N2O4S. The fourth-order valence-electron chi connectivity index (χ4n) is 3.08. The van der Waals surface area contributed by atoms with Gasteiger partial charge in [0.15, 0.2) is 0 Å². The second-order valence-electron chi connectivity index (χ2n) is 6.14. The van der Waals surface area contributed by atoms with Gasteiger partial charge in [0, 0.05) is 41.9 Å².